The third kappa shape index (κ3) is 4.27. The molecule has 1 saturated heterocycles. The van der Waals surface area contributed by atoms with Crippen LogP contribution in [-0.4, -0.2) is 42.1 Å². The van der Waals surface area contributed by atoms with Crippen LogP contribution < -0.4 is 9.47 Å². The molecule has 0 saturated carbocycles. The van der Waals surface area contributed by atoms with Gasteiger partial charge in [-0.15, -0.1) is 0 Å². The van der Waals surface area contributed by atoms with E-state index in [1.165, 1.54) is 10.9 Å². The summed E-state index contributed by atoms with van der Waals surface area (Å²) in [6, 6.07) is 13.7. The van der Waals surface area contributed by atoms with Gasteiger partial charge >= 0.3 is 0 Å². The second-order valence-corrected chi connectivity index (χ2v) is 8.38. The maximum absolute atomic E-state index is 12.8. The second kappa shape index (κ2) is 8.49. The van der Waals surface area contributed by atoms with Gasteiger partial charge in [-0.1, -0.05) is 15.9 Å². The molecule has 0 bridgehead atoms. The summed E-state index contributed by atoms with van der Waals surface area (Å²) in [5.41, 5.74) is 2.43. The van der Waals surface area contributed by atoms with Crippen molar-refractivity contribution in [2.24, 2.45) is 0 Å². The number of carbonyl (C=O) groups excluding carboxylic acids is 1. The number of amides is 1. The van der Waals surface area contributed by atoms with Gasteiger partial charge in [0.1, 0.15) is 11.5 Å². The normalized spacial score (nSPS) is 16.0. The fourth-order valence-electron chi connectivity index (χ4n) is 4.02. The number of likely N-dealkylation sites (tertiary alicyclic amines) is 1. The molecular weight excluding hydrogens is 432 g/mol. The molecule has 152 valence electrons. The Hall–Kier alpha value is -2.47. The van der Waals surface area contributed by atoms with Crippen molar-refractivity contribution in [1.29, 1.82) is 0 Å². The van der Waals surface area contributed by atoms with E-state index in [1.807, 2.05) is 42.2 Å². The number of fused-ring (bicyclic) bond motifs is 1. The van der Waals surface area contributed by atoms with E-state index in [2.05, 4.69) is 39.2 Å². The van der Waals surface area contributed by atoms with Gasteiger partial charge in [-0.25, -0.2) is 0 Å². The van der Waals surface area contributed by atoms with Gasteiger partial charge in [0.15, 0.2) is 6.10 Å². The SMILES string of the molecule is COc1ccc2[nH]cc(C3CCN(C(=O)C(C)Oc4ccc(Br)cc4)CC3)c2c1. The molecule has 4 rings (SSSR count). The molecule has 0 spiro atoms. The maximum atomic E-state index is 12.8. The zero-order chi connectivity index (χ0) is 20.4. The fourth-order valence-corrected chi connectivity index (χ4v) is 4.29. The molecule has 1 fully saturated rings. The molecule has 29 heavy (non-hydrogen) atoms. The van der Waals surface area contributed by atoms with Crippen molar-refractivity contribution in [3.63, 3.8) is 0 Å². The first-order valence-corrected chi connectivity index (χ1v) is 10.7. The fraction of sp³-hybridized carbons (Fsp3) is 0.348. The molecule has 6 heteroatoms. The molecule has 1 atom stereocenters. The van der Waals surface area contributed by atoms with Gasteiger partial charge in [-0.05, 0) is 73.7 Å². The smallest absolute Gasteiger partial charge is 0.263 e. The van der Waals surface area contributed by atoms with Gasteiger partial charge in [0.25, 0.3) is 5.91 Å². The molecular formula is C23H25BrN2O3. The lowest BCUT2D eigenvalue weighted by Gasteiger charge is -2.33. The van der Waals surface area contributed by atoms with Crippen molar-refractivity contribution in [2.45, 2.75) is 31.8 Å². The zero-order valence-electron chi connectivity index (χ0n) is 16.7. The lowest BCUT2D eigenvalue weighted by Crippen LogP contribution is -2.44. The first kappa shape index (κ1) is 19.8. The zero-order valence-corrected chi connectivity index (χ0v) is 18.2. The maximum Gasteiger partial charge on any atom is 0.263 e. The predicted molar refractivity (Wildman–Crippen MR) is 118 cm³/mol. The summed E-state index contributed by atoms with van der Waals surface area (Å²) in [5, 5.41) is 1.21. The van der Waals surface area contributed by atoms with Crippen LogP contribution in [0.2, 0.25) is 0 Å². The molecule has 1 N–H and O–H groups in total. The molecule has 1 aliphatic heterocycles. The number of ether oxygens (including phenoxy) is 2. The summed E-state index contributed by atoms with van der Waals surface area (Å²) in [7, 11) is 1.69. The largest absolute Gasteiger partial charge is 0.497 e. The number of hydrogen-bond donors (Lipinski definition) is 1. The Bertz CT molecular complexity index is 991. The Morgan fingerprint density at radius 3 is 2.52 bits per heavy atom. The lowest BCUT2D eigenvalue weighted by atomic mass is 9.89. The van der Waals surface area contributed by atoms with Gasteiger partial charge in [0, 0.05) is 34.7 Å². The van der Waals surface area contributed by atoms with E-state index in [9.17, 15) is 4.79 Å². The van der Waals surface area contributed by atoms with Gasteiger partial charge in [-0.3, -0.25) is 4.79 Å². The summed E-state index contributed by atoms with van der Waals surface area (Å²) in [6.45, 7) is 3.31. The number of hydrogen-bond acceptors (Lipinski definition) is 3. The number of aromatic amines is 1. The number of H-pyrrole nitrogens is 1. The number of methoxy groups -OCH3 is 1. The van der Waals surface area contributed by atoms with Crippen molar-refractivity contribution in [3.05, 3.63) is 58.7 Å². The van der Waals surface area contributed by atoms with Gasteiger partial charge in [0.2, 0.25) is 0 Å². The highest BCUT2D eigenvalue weighted by Gasteiger charge is 2.28. The number of rotatable bonds is 5. The Labute approximate surface area is 179 Å². The number of halogens is 1. The Kier molecular flexibility index (Phi) is 5.81. The molecule has 1 aliphatic rings. The third-order valence-corrected chi connectivity index (χ3v) is 6.17. The summed E-state index contributed by atoms with van der Waals surface area (Å²) >= 11 is 3.41. The standard InChI is InChI=1S/C23H25BrN2O3/c1-15(29-18-5-3-17(24)4-6-18)23(27)26-11-9-16(10-12-26)21-14-25-22-8-7-19(28-2)13-20(21)22/h3-8,13-16,25H,9-12H2,1-2H3. The van der Waals surface area contributed by atoms with Crippen LogP contribution in [0.25, 0.3) is 10.9 Å². The highest BCUT2D eigenvalue weighted by Crippen LogP contribution is 2.35. The Morgan fingerprint density at radius 1 is 1.14 bits per heavy atom. The average molecular weight is 457 g/mol. The van der Waals surface area contributed by atoms with Crippen LogP contribution in [0.1, 0.15) is 31.2 Å². The molecule has 2 aromatic carbocycles. The number of nitrogens with one attached hydrogen (secondary N) is 1. The molecule has 1 unspecified atom stereocenters. The highest BCUT2D eigenvalue weighted by molar-refractivity contribution is 9.10. The van der Waals surface area contributed by atoms with E-state index in [1.54, 1.807) is 7.11 Å². The van der Waals surface area contributed by atoms with E-state index in [4.69, 9.17) is 9.47 Å². The van der Waals surface area contributed by atoms with E-state index in [-0.39, 0.29) is 5.91 Å². The molecule has 0 radical (unpaired) electrons. The summed E-state index contributed by atoms with van der Waals surface area (Å²) in [5.74, 6) is 2.05. The van der Waals surface area contributed by atoms with E-state index < -0.39 is 6.10 Å². The second-order valence-electron chi connectivity index (χ2n) is 7.47. The quantitative estimate of drug-likeness (QED) is 0.579. The lowest BCUT2D eigenvalue weighted by molar-refractivity contribution is -0.139. The van der Waals surface area contributed by atoms with Crippen LogP contribution in [0.15, 0.2) is 53.1 Å². The Morgan fingerprint density at radius 2 is 1.83 bits per heavy atom. The van der Waals surface area contributed by atoms with Crippen LogP contribution in [0.5, 0.6) is 11.5 Å². The number of aromatic nitrogens is 1. The minimum atomic E-state index is -0.495. The topological polar surface area (TPSA) is 54.6 Å². The molecule has 2 heterocycles. The van der Waals surface area contributed by atoms with E-state index >= 15 is 0 Å². The van der Waals surface area contributed by atoms with Gasteiger partial charge in [0.05, 0.1) is 7.11 Å². The Balaban J connectivity index is 1.39. The summed E-state index contributed by atoms with van der Waals surface area (Å²) < 4.78 is 12.2. The van der Waals surface area contributed by atoms with Gasteiger partial charge < -0.3 is 19.4 Å². The number of nitrogens with zero attached hydrogens (tertiary/aromatic N) is 1. The monoisotopic (exact) mass is 456 g/mol. The number of carbonyl (C=O) groups is 1. The van der Waals surface area contributed by atoms with Crippen LogP contribution in [0.3, 0.4) is 0 Å². The average Bonchev–Trinajstić information content (AvgIpc) is 3.18. The third-order valence-electron chi connectivity index (χ3n) is 5.64. The van der Waals surface area contributed by atoms with Crippen LogP contribution in [-0.2, 0) is 4.79 Å². The van der Waals surface area contributed by atoms with Crippen LogP contribution >= 0.6 is 15.9 Å². The number of benzene rings is 2. The van der Waals surface area contributed by atoms with Crippen LogP contribution in [0, 0.1) is 0 Å². The van der Waals surface area contributed by atoms with E-state index in [0.717, 1.165) is 41.7 Å². The van der Waals surface area contributed by atoms with Crippen molar-refractivity contribution < 1.29 is 14.3 Å². The minimum Gasteiger partial charge on any atom is -0.497 e. The van der Waals surface area contributed by atoms with Crippen molar-refractivity contribution in [1.82, 2.24) is 9.88 Å². The first-order valence-electron chi connectivity index (χ1n) is 9.91. The summed E-state index contributed by atoms with van der Waals surface area (Å²) in [4.78, 5) is 18.1. The van der Waals surface area contributed by atoms with Crippen molar-refractivity contribution in [2.75, 3.05) is 20.2 Å². The van der Waals surface area contributed by atoms with E-state index in [0.29, 0.717) is 11.7 Å². The van der Waals surface area contributed by atoms with Crippen molar-refractivity contribution in [3.8, 4) is 11.5 Å². The predicted octanol–water partition coefficient (Wildman–Crippen LogP) is 5.11. The molecule has 1 amide bonds. The molecule has 0 aliphatic carbocycles. The minimum absolute atomic E-state index is 0.0481. The first-order chi connectivity index (χ1) is 14.0. The highest BCUT2D eigenvalue weighted by atomic mass is 79.9. The number of piperidine rings is 1. The molecule has 1 aromatic heterocycles. The van der Waals surface area contributed by atoms with Gasteiger partial charge in [-0.2, -0.15) is 0 Å². The van der Waals surface area contributed by atoms with Crippen LogP contribution in [0.4, 0.5) is 0 Å². The van der Waals surface area contributed by atoms with Crippen molar-refractivity contribution >= 4 is 32.7 Å². The molecule has 5 nitrogen and oxygen atoms in total. The summed E-state index contributed by atoms with van der Waals surface area (Å²) in [6.07, 6.45) is 3.50. The molecule has 3 aromatic rings.